The van der Waals surface area contributed by atoms with Crippen LogP contribution in [0.5, 0.6) is 0 Å². The highest BCUT2D eigenvalue weighted by atomic mass is 35.5. The first-order chi connectivity index (χ1) is 6.88. The maximum atomic E-state index is 5.69. The second kappa shape index (κ2) is 6.86. The monoisotopic (exact) mass is 211 g/mol. The molecule has 0 fully saturated rings. The minimum Gasteiger partial charge on any atom is -0.330 e. The Morgan fingerprint density at radius 2 is 1.57 bits per heavy atom. The van der Waals surface area contributed by atoms with E-state index in [9.17, 15) is 0 Å². The van der Waals surface area contributed by atoms with Crippen molar-refractivity contribution in [2.45, 2.75) is 25.7 Å². The van der Waals surface area contributed by atoms with E-state index >= 15 is 0 Å². The van der Waals surface area contributed by atoms with Gasteiger partial charge in [-0.05, 0) is 43.4 Å². The summed E-state index contributed by atoms with van der Waals surface area (Å²) in [6.07, 6.45) is 4.30. The Hall–Kier alpha value is -0.530. The topological polar surface area (TPSA) is 26.0 Å². The van der Waals surface area contributed by atoms with Crippen molar-refractivity contribution in [2.75, 3.05) is 12.4 Å². The van der Waals surface area contributed by atoms with Crippen LogP contribution in [0.4, 0.5) is 0 Å². The van der Waals surface area contributed by atoms with E-state index in [0.29, 0.717) is 0 Å². The molecule has 1 aromatic rings. The van der Waals surface area contributed by atoms with Crippen LogP contribution in [0.2, 0.25) is 0 Å². The quantitative estimate of drug-likeness (QED) is 0.720. The molecule has 2 N–H and O–H groups in total. The van der Waals surface area contributed by atoms with Crippen molar-refractivity contribution in [3.05, 3.63) is 35.4 Å². The van der Waals surface area contributed by atoms with Gasteiger partial charge in [-0.25, -0.2) is 0 Å². The molecule has 14 heavy (non-hydrogen) atoms. The Kier molecular flexibility index (Phi) is 5.65. The van der Waals surface area contributed by atoms with E-state index < -0.39 is 0 Å². The Labute approximate surface area is 91.3 Å². The molecule has 0 bridgehead atoms. The van der Waals surface area contributed by atoms with Gasteiger partial charge in [0.2, 0.25) is 0 Å². The number of halogens is 1. The minimum absolute atomic E-state index is 0.741. The molecule has 0 saturated carbocycles. The predicted molar refractivity (Wildman–Crippen MR) is 62.9 cm³/mol. The van der Waals surface area contributed by atoms with E-state index in [4.69, 9.17) is 17.3 Å². The van der Waals surface area contributed by atoms with Crippen molar-refractivity contribution >= 4 is 11.6 Å². The van der Waals surface area contributed by atoms with Crippen LogP contribution in [0.3, 0.4) is 0 Å². The largest absolute Gasteiger partial charge is 0.330 e. The van der Waals surface area contributed by atoms with Gasteiger partial charge in [0.25, 0.3) is 0 Å². The highest BCUT2D eigenvalue weighted by Crippen LogP contribution is 2.13. The molecule has 0 atom stereocenters. The highest BCUT2D eigenvalue weighted by molar-refractivity contribution is 6.17. The Bertz CT molecular complexity index is 233. The molecule has 0 aliphatic heterocycles. The molecule has 78 valence electrons. The zero-order valence-corrected chi connectivity index (χ0v) is 9.26. The highest BCUT2D eigenvalue weighted by Gasteiger charge is 2.00. The summed E-state index contributed by atoms with van der Waals surface area (Å²) in [7, 11) is 0. The second-order valence-corrected chi connectivity index (χ2v) is 3.83. The summed E-state index contributed by atoms with van der Waals surface area (Å²) in [4.78, 5) is 0. The van der Waals surface area contributed by atoms with Crippen LogP contribution in [-0.2, 0) is 12.8 Å². The lowest BCUT2D eigenvalue weighted by atomic mass is 9.99. The first-order valence-electron chi connectivity index (χ1n) is 5.21. The fraction of sp³-hybridized carbons (Fsp3) is 0.500. The SMILES string of the molecule is NCCCc1ccccc1CCCCl. The number of aryl methyl sites for hydroxylation is 2. The summed E-state index contributed by atoms with van der Waals surface area (Å²) in [5.74, 6) is 0.741. The summed E-state index contributed by atoms with van der Waals surface area (Å²) < 4.78 is 0. The molecular weight excluding hydrogens is 194 g/mol. The molecule has 0 heterocycles. The number of hydrogen-bond donors (Lipinski definition) is 1. The molecular formula is C12H18ClN. The average molecular weight is 212 g/mol. The normalized spacial score (nSPS) is 10.4. The Morgan fingerprint density at radius 1 is 1.00 bits per heavy atom. The summed E-state index contributed by atoms with van der Waals surface area (Å²) in [6, 6.07) is 8.57. The van der Waals surface area contributed by atoms with Gasteiger partial charge >= 0.3 is 0 Å². The van der Waals surface area contributed by atoms with Crippen LogP contribution in [0.1, 0.15) is 24.0 Å². The average Bonchev–Trinajstić information content (AvgIpc) is 2.24. The third kappa shape index (κ3) is 3.69. The number of hydrogen-bond acceptors (Lipinski definition) is 1. The fourth-order valence-electron chi connectivity index (χ4n) is 1.60. The van der Waals surface area contributed by atoms with Crippen molar-refractivity contribution in [3.63, 3.8) is 0 Å². The molecule has 0 aliphatic rings. The van der Waals surface area contributed by atoms with Gasteiger partial charge in [-0.2, -0.15) is 0 Å². The van der Waals surface area contributed by atoms with Crippen molar-refractivity contribution in [2.24, 2.45) is 5.73 Å². The zero-order valence-electron chi connectivity index (χ0n) is 8.51. The first kappa shape index (κ1) is 11.5. The fourth-order valence-corrected chi connectivity index (χ4v) is 1.73. The van der Waals surface area contributed by atoms with Gasteiger partial charge in [0.15, 0.2) is 0 Å². The number of rotatable bonds is 6. The Morgan fingerprint density at radius 3 is 2.07 bits per heavy atom. The first-order valence-corrected chi connectivity index (χ1v) is 5.74. The molecule has 0 unspecified atom stereocenters. The van der Waals surface area contributed by atoms with Gasteiger partial charge in [-0.15, -0.1) is 11.6 Å². The molecule has 0 saturated heterocycles. The standard InChI is InChI=1S/C12H18ClN/c13-9-3-7-11-5-1-2-6-12(11)8-4-10-14/h1-2,5-6H,3-4,7-10,14H2. The maximum absolute atomic E-state index is 5.69. The summed E-state index contributed by atoms with van der Waals surface area (Å²) in [5, 5.41) is 0. The van der Waals surface area contributed by atoms with Gasteiger partial charge in [0, 0.05) is 5.88 Å². The van der Waals surface area contributed by atoms with Crippen LogP contribution >= 0.6 is 11.6 Å². The number of alkyl halides is 1. The van der Waals surface area contributed by atoms with Crippen molar-refractivity contribution < 1.29 is 0 Å². The van der Waals surface area contributed by atoms with E-state index in [-0.39, 0.29) is 0 Å². The zero-order chi connectivity index (χ0) is 10.2. The molecule has 0 aromatic heterocycles. The van der Waals surface area contributed by atoms with Crippen molar-refractivity contribution in [3.8, 4) is 0 Å². The lowest BCUT2D eigenvalue weighted by molar-refractivity contribution is 0.812. The lowest BCUT2D eigenvalue weighted by Gasteiger charge is -2.07. The van der Waals surface area contributed by atoms with Crippen molar-refractivity contribution in [1.29, 1.82) is 0 Å². The van der Waals surface area contributed by atoms with Crippen LogP contribution in [0, 0.1) is 0 Å². The van der Waals surface area contributed by atoms with E-state index in [1.807, 2.05) is 0 Å². The van der Waals surface area contributed by atoms with Crippen LogP contribution in [-0.4, -0.2) is 12.4 Å². The Balaban J connectivity index is 2.60. The minimum atomic E-state index is 0.741. The van der Waals surface area contributed by atoms with E-state index in [1.54, 1.807) is 0 Å². The summed E-state index contributed by atoms with van der Waals surface area (Å²) >= 11 is 5.69. The third-order valence-corrected chi connectivity index (χ3v) is 2.62. The van der Waals surface area contributed by atoms with Gasteiger partial charge < -0.3 is 5.73 Å². The summed E-state index contributed by atoms with van der Waals surface area (Å²) in [5.41, 5.74) is 8.37. The molecule has 2 heteroatoms. The van der Waals surface area contributed by atoms with Gasteiger partial charge in [-0.1, -0.05) is 24.3 Å². The molecule has 1 rings (SSSR count). The van der Waals surface area contributed by atoms with E-state index in [2.05, 4.69) is 24.3 Å². The molecule has 1 nitrogen and oxygen atoms in total. The summed E-state index contributed by atoms with van der Waals surface area (Å²) in [6.45, 7) is 0.768. The molecule has 0 spiro atoms. The van der Waals surface area contributed by atoms with Gasteiger partial charge in [0.05, 0.1) is 0 Å². The van der Waals surface area contributed by atoms with Crippen LogP contribution < -0.4 is 5.73 Å². The number of nitrogens with two attached hydrogens (primary N) is 1. The molecule has 0 aliphatic carbocycles. The predicted octanol–water partition coefficient (Wildman–Crippen LogP) is 2.75. The molecule has 0 radical (unpaired) electrons. The molecule has 1 aromatic carbocycles. The smallest absolute Gasteiger partial charge is 0.0226 e. The van der Waals surface area contributed by atoms with Gasteiger partial charge in [0.1, 0.15) is 0 Å². The van der Waals surface area contributed by atoms with E-state index in [1.165, 1.54) is 11.1 Å². The maximum Gasteiger partial charge on any atom is 0.0226 e. The number of benzene rings is 1. The third-order valence-electron chi connectivity index (χ3n) is 2.35. The van der Waals surface area contributed by atoms with Gasteiger partial charge in [-0.3, -0.25) is 0 Å². The molecule has 0 amide bonds. The van der Waals surface area contributed by atoms with E-state index in [0.717, 1.165) is 38.1 Å². The van der Waals surface area contributed by atoms with Crippen LogP contribution in [0.15, 0.2) is 24.3 Å². The van der Waals surface area contributed by atoms with Crippen LogP contribution in [0.25, 0.3) is 0 Å². The lowest BCUT2D eigenvalue weighted by Crippen LogP contribution is -2.02. The van der Waals surface area contributed by atoms with Crippen molar-refractivity contribution in [1.82, 2.24) is 0 Å². The second-order valence-electron chi connectivity index (χ2n) is 3.45.